The van der Waals surface area contributed by atoms with Crippen LogP contribution in [0.4, 0.5) is 5.69 Å². The number of esters is 1. The van der Waals surface area contributed by atoms with Crippen LogP contribution in [0.1, 0.15) is 25.8 Å². The van der Waals surface area contributed by atoms with Crippen LogP contribution >= 0.6 is 67.8 Å². The Bertz CT molecular complexity index is 477. The quantitative estimate of drug-likeness (QED) is 0.314. The number of ether oxygens (including phenoxy) is 1. The van der Waals surface area contributed by atoms with Gasteiger partial charge in [-0.15, -0.1) is 0 Å². The molecule has 1 rings (SSSR count). The minimum atomic E-state index is -0.117. The van der Waals surface area contributed by atoms with Gasteiger partial charge >= 0.3 is 5.97 Å². The highest BCUT2D eigenvalue weighted by Gasteiger charge is 2.22. The first-order chi connectivity index (χ1) is 8.92. The van der Waals surface area contributed by atoms with Crippen molar-refractivity contribution in [2.24, 2.45) is 5.92 Å². The number of rotatable bonds is 5. The molecule has 0 fully saturated rings. The maximum absolute atomic E-state index is 11.9. The van der Waals surface area contributed by atoms with Crippen LogP contribution in [0.5, 0.6) is 0 Å². The van der Waals surface area contributed by atoms with Crippen LogP contribution < -0.4 is 5.73 Å². The predicted octanol–water partition coefficient (Wildman–Crippen LogP) is 4.21. The van der Waals surface area contributed by atoms with Crippen molar-refractivity contribution < 1.29 is 9.53 Å². The molecule has 1 aromatic carbocycles. The van der Waals surface area contributed by atoms with E-state index in [9.17, 15) is 4.79 Å². The van der Waals surface area contributed by atoms with Gasteiger partial charge in [0.25, 0.3) is 0 Å². The predicted molar refractivity (Wildman–Crippen MR) is 103 cm³/mol. The van der Waals surface area contributed by atoms with E-state index in [1.165, 1.54) is 0 Å². The largest absolute Gasteiger partial charge is 0.466 e. The molecule has 0 radical (unpaired) electrons. The van der Waals surface area contributed by atoms with Crippen molar-refractivity contribution in [2.75, 3.05) is 12.3 Å². The van der Waals surface area contributed by atoms with E-state index in [4.69, 9.17) is 10.5 Å². The lowest BCUT2D eigenvalue weighted by atomic mass is 9.97. The summed E-state index contributed by atoms with van der Waals surface area (Å²) >= 11 is 6.81. The maximum atomic E-state index is 11.9. The number of nitrogen functional groups attached to an aromatic ring is 1. The van der Waals surface area contributed by atoms with Crippen molar-refractivity contribution in [1.82, 2.24) is 0 Å². The van der Waals surface area contributed by atoms with Crippen molar-refractivity contribution in [1.29, 1.82) is 0 Å². The summed E-state index contributed by atoms with van der Waals surface area (Å²) in [6.07, 6.45) is 1.46. The van der Waals surface area contributed by atoms with Crippen molar-refractivity contribution in [3.05, 3.63) is 22.3 Å². The van der Waals surface area contributed by atoms with Crippen LogP contribution in [0.15, 0.2) is 6.07 Å². The molecule has 19 heavy (non-hydrogen) atoms. The highest BCUT2D eigenvalue weighted by Crippen LogP contribution is 2.31. The van der Waals surface area contributed by atoms with Gasteiger partial charge in [0.1, 0.15) is 0 Å². The third kappa shape index (κ3) is 4.58. The zero-order valence-corrected chi connectivity index (χ0v) is 17.3. The fourth-order valence-electron chi connectivity index (χ4n) is 1.74. The van der Waals surface area contributed by atoms with E-state index in [1.807, 2.05) is 13.8 Å². The minimum Gasteiger partial charge on any atom is -0.466 e. The number of nitrogens with two attached hydrogens (primary N) is 1. The smallest absolute Gasteiger partial charge is 0.309 e. The molecule has 1 aromatic rings. The molecular weight excluding hydrogens is 583 g/mol. The first-order valence-corrected chi connectivity index (χ1v) is 9.24. The van der Waals surface area contributed by atoms with E-state index in [0.717, 1.165) is 28.4 Å². The van der Waals surface area contributed by atoms with E-state index in [0.29, 0.717) is 13.0 Å². The fourth-order valence-corrected chi connectivity index (χ4v) is 5.55. The zero-order chi connectivity index (χ0) is 14.6. The van der Waals surface area contributed by atoms with Gasteiger partial charge in [-0.2, -0.15) is 0 Å². The Balaban J connectivity index is 3.04. The van der Waals surface area contributed by atoms with E-state index >= 15 is 0 Å². The summed E-state index contributed by atoms with van der Waals surface area (Å²) < 4.78 is 8.39. The third-order valence-electron chi connectivity index (χ3n) is 2.86. The van der Waals surface area contributed by atoms with Crippen molar-refractivity contribution in [2.45, 2.75) is 26.7 Å². The molecule has 3 nitrogen and oxygen atoms in total. The monoisotopic (exact) mass is 599 g/mol. The molecule has 0 saturated carbocycles. The van der Waals surface area contributed by atoms with Gasteiger partial charge < -0.3 is 10.5 Å². The first-order valence-electron chi connectivity index (χ1n) is 6.00. The number of carbonyl (C=O) groups excluding carboxylic acids is 1. The SMILES string of the molecule is CCOC(=O)C(CC)Cc1c(I)cc(I)c(N)c1I. The fraction of sp³-hybridized carbons (Fsp3) is 0.462. The summed E-state index contributed by atoms with van der Waals surface area (Å²) in [5.74, 6) is -0.213. The second kappa shape index (κ2) is 8.20. The molecule has 0 aromatic heterocycles. The molecule has 0 heterocycles. The number of hydrogen-bond donors (Lipinski definition) is 1. The third-order valence-corrected chi connectivity index (χ3v) is 5.95. The van der Waals surface area contributed by atoms with Crippen LogP contribution in [-0.2, 0) is 16.0 Å². The molecule has 0 saturated heterocycles. The molecule has 106 valence electrons. The Morgan fingerprint density at radius 2 is 1.95 bits per heavy atom. The average molecular weight is 599 g/mol. The lowest BCUT2D eigenvalue weighted by Crippen LogP contribution is -2.20. The van der Waals surface area contributed by atoms with Gasteiger partial charge in [-0.3, -0.25) is 4.79 Å². The molecule has 0 aliphatic heterocycles. The molecular formula is C13H16I3NO2. The Morgan fingerprint density at radius 1 is 1.32 bits per heavy atom. The second-order valence-corrected chi connectivity index (χ2v) is 7.51. The number of carbonyl (C=O) groups is 1. The minimum absolute atomic E-state index is 0.0959. The molecule has 1 atom stereocenters. The summed E-state index contributed by atoms with van der Waals surface area (Å²) in [5.41, 5.74) is 8.02. The zero-order valence-electron chi connectivity index (χ0n) is 10.8. The number of hydrogen-bond acceptors (Lipinski definition) is 3. The Morgan fingerprint density at radius 3 is 2.47 bits per heavy atom. The molecule has 2 N–H and O–H groups in total. The number of halogens is 3. The Labute approximate surface area is 154 Å². The van der Waals surface area contributed by atoms with Gasteiger partial charge in [0, 0.05) is 10.7 Å². The standard InChI is InChI=1S/C13H16I3NO2/c1-3-7(13(18)19-4-2)5-8-9(14)6-10(15)12(17)11(8)16/h6-7H,3-5,17H2,1-2H3. The highest BCUT2D eigenvalue weighted by molar-refractivity contribution is 14.1. The summed E-state index contributed by atoms with van der Waals surface area (Å²) in [7, 11) is 0. The number of benzene rings is 1. The van der Waals surface area contributed by atoms with E-state index in [1.54, 1.807) is 0 Å². The summed E-state index contributed by atoms with van der Waals surface area (Å²) in [5, 5.41) is 0. The molecule has 1 unspecified atom stereocenters. The van der Waals surface area contributed by atoms with Gasteiger partial charge in [0.2, 0.25) is 0 Å². The maximum Gasteiger partial charge on any atom is 0.309 e. The topological polar surface area (TPSA) is 52.3 Å². The average Bonchev–Trinajstić information content (AvgIpc) is 2.36. The second-order valence-electron chi connectivity index (χ2n) is 4.11. The summed E-state index contributed by atoms with van der Waals surface area (Å²) in [4.78, 5) is 11.9. The summed E-state index contributed by atoms with van der Waals surface area (Å²) in [6, 6.07) is 2.06. The van der Waals surface area contributed by atoms with E-state index in [-0.39, 0.29) is 11.9 Å². The van der Waals surface area contributed by atoms with E-state index in [2.05, 4.69) is 73.8 Å². The summed E-state index contributed by atoms with van der Waals surface area (Å²) in [6.45, 7) is 4.27. The lowest BCUT2D eigenvalue weighted by molar-refractivity contribution is -0.148. The van der Waals surface area contributed by atoms with E-state index < -0.39 is 0 Å². The van der Waals surface area contributed by atoms with Gasteiger partial charge in [-0.25, -0.2) is 0 Å². The Kier molecular flexibility index (Phi) is 7.65. The molecule has 0 bridgehead atoms. The molecule has 6 heteroatoms. The normalized spacial score (nSPS) is 12.3. The van der Waals surface area contributed by atoms with Gasteiger partial charge in [-0.05, 0) is 99.2 Å². The molecule has 0 amide bonds. The Hall–Kier alpha value is 0.680. The van der Waals surface area contributed by atoms with Crippen LogP contribution in [0.3, 0.4) is 0 Å². The van der Waals surface area contributed by atoms with Gasteiger partial charge in [-0.1, -0.05) is 6.92 Å². The molecule has 0 spiro atoms. The van der Waals surface area contributed by atoms with Crippen LogP contribution in [-0.4, -0.2) is 12.6 Å². The van der Waals surface area contributed by atoms with Gasteiger partial charge in [0.05, 0.1) is 18.2 Å². The van der Waals surface area contributed by atoms with Crippen molar-refractivity contribution in [3.63, 3.8) is 0 Å². The highest BCUT2D eigenvalue weighted by atomic mass is 127. The molecule has 0 aliphatic rings. The molecule has 0 aliphatic carbocycles. The first kappa shape index (κ1) is 17.7. The van der Waals surface area contributed by atoms with Crippen molar-refractivity contribution in [3.8, 4) is 0 Å². The van der Waals surface area contributed by atoms with Crippen LogP contribution in [0.2, 0.25) is 0 Å². The van der Waals surface area contributed by atoms with Gasteiger partial charge in [0.15, 0.2) is 0 Å². The van der Waals surface area contributed by atoms with Crippen LogP contribution in [0, 0.1) is 16.6 Å². The van der Waals surface area contributed by atoms with Crippen LogP contribution in [0.25, 0.3) is 0 Å². The van der Waals surface area contributed by atoms with Crippen molar-refractivity contribution >= 4 is 79.4 Å². The lowest BCUT2D eigenvalue weighted by Gasteiger charge is -2.17. The number of anilines is 1.